The molecule has 0 atom stereocenters. The maximum Gasteiger partial charge on any atom is 0.339 e. The van der Waals surface area contributed by atoms with Gasteiger partial charge < -0.3 is 8.92 Å². The summed E-state index contributed by atoms with van der Waals surface area (Å²) in [6.07, 6.45) is 6.72. The van der Waals surface area contributed by atoms with Crippen molar-refractivity contribution in [3.05, 3.63) is 54.1 Å². The van der Waals surface area contributed by atoms with E-state index in [0.29, 0.717) is 11.3 Å². The fraction of sp³-hybridized carbons (Fsp3) is 0. The third kappa shape index (κ3) is 3.53. The second-order valence-corrected chi connectivity index (χ2v) is 5.42. The van der Waals surface area contributed by atoms with Crippen LogP contribution in [0.15, 0.2) is 53.4 Å². The molecule has 21 heavy (non-hydrogen) atoms. The van der Waals surface area contributed by atoms with Gasteiger partial charge in [0.05, 0.1) is 0 Å². The van der Waals surface area contributed by atoms with E-state index >= 15 is 0 Å². The summed E-state index contributed by atoms with van der Waals surface area (Å²) in [7, 11) is -3.94. The molecule has 0 heterocycles. The Morgan fingerprint density at radius 3 is 2.05 bits per heavy atom. The molecule has 0 bridgehead atoms. The maximum absolute atomic E-state index is 12.1. The van der Waals surface area contributed by atoms with Crippen molar-refractivity contribution in [2.75, 3.05) is 0 Å². The lowest BCUT2D eigenvalue weighted by molar-refractivity contribution is 0.482. The molecule has 2 aromatic carbocycles. The molecule has 2 aromatic rings. The summed E-state index contributed by atoms with van der Waals surface area (Å²) in [5.41, 5.74) is 0.576. The van der Waals surface area contributed by atoms with Gasteiger partial charge in [-0.2, -0.15) is 8.42 Å². The lowest BCUT2D eigenvalue weighted by Crippen LogP contribution is -2.09. The van der Waals surface area contributed by atoms with Gasteiger partial charge in [0.25, 0.3) is 6.26 Å². The molecule has 0 aliphatic rings. The minimum Gasteiger partial charge on any atom is -0.388 e. The minimum atomic E-state index is -3.94. The van der Waals surface area contributed by atoms with Gasteiger partial charge in [0, 0.05) is 5.56 Å². The predicted molar refractivity (Wildman–Crippen MR) is 74.9 cm³/mol. The first-order valence-corrected chi connectivity index (χ1v) is 7.13. The smallest absolute Gasteiger partial charge is 0.339 e. The highest BCUT2D eigenvalue weighted by Gasteiger charge is 2.16. The van der Waals surface area contributed by atoms with Gasteiger partial charge in [-0.1, -0.05) is 5.92 Å². The summed E-state index contributed by atoms with van der Waals surface area (Å²) in [4.78, 5) is -0.00106. The van der Waals surface area contributed by atoms with Crippen LogP contribution in [-0.4, -0.2) is 8.42 Å². The van der Waals surface area contributed by atoms with E-state index in [-0.39, 0.29) is 10.6 Å². The normalized spacial score (nSPS) is 10.2. The molecular weight excluding hydrogens is 290 g/mol. The minimum absolute atomic E-state index is 0.00106. The molecular formula is C15H9NO4S. The van der Waals surface area contributed by atoms with E-state index in [1.165, 1.54) is 54.8 Å². The van der Waals surface area contributed by atoms with Crippen LogP contribution in [0.1, 0.15) is 5.56 Å². The van der Waals surface area contributed by atoms with Crippen molar-refractivity contribution in [1.29, 1.82) is 5.26 Å². The number of nitrogens with zero attached hydrogens (tertiary/aromatic N) is 1. The number of hydrogen-bond donors (Lipinski definition) is 0. The van der Waals surface area contributed by atoms with Gasteiger partial charge in [-0.25, -0.2) is 0 Å². The van der Waals surface area contributed by atoms with Crippen molar-refractivity contribution < 1.29 is 17.3 Å². The van der Waals surface area contributed by atoms with Crippen LogP contribution in [0.4, 0.5) is 0 Å². The number of benzene rings is 2. The van der Waals surface area contributed by atoms with Crippen molar-refractivity contribution in [1.82, 2.24) is 0 Å². The van der Waals surface area contributed by atoms with Crippen LogP contribution in [0.5, 0.6) is 11.5 Å². The molecule has 0 unspecified atom stereocenters. The Hall–Kier alpha value is -2.96. The van der Waals surface area contributed by atoms with E-state index in [1.54, 1.807) is 0 Å². The molecule has 0 amide bonds. The molecule has 0 saturated carbocycles. The van der Waals surface area contributed by atoms with Crippen molar-refractivity contribution in [2.24, 2.45) is 0 Å². The molecule has 2 rings (SSSR count). The predicted octanol–water partition coefficient (Wildman–Crippen LogP) is 2.30. The highest BCUT2D eigenvalue weighted by atomic mass is 32.2. The van der Waals surface area contributed by atoms with Crippen LogP contribution in [0.3, 0.4) is 0 Å². The number of rotatable bonds is 4. The Bertz CT molecular complexity index is 810. The van der Waals surface area contributed by atoms with Crippen molar-refractivity contribution >= 4 is 10.1 Å². The largest absolute Gasteiger partial charge is 0.388 e. The summed E-state index contributed by atoms with van der Waals surface area (Å²) in [5.74, 6) is 2.80. The zero-order valence-electron chi connectivity index (χ0n) is 10.7. The van der Waals surface area contributed by atoms with Gasteiger partial charge in [0.15, 0.2) is 0 Å². The standard InChI is InChI=1S/C15H9NO4S/c1-2-12-3-9-15(10-4-12)21(17,18)20-14-7-5-13(6-8-14)19-11-16/h1,3-10H. The Labute approximate surface area is 122 Å². The van der Waals surface area contributed by atoms with Gasteiger partial charge in [-0.3, -0.25) is 0 Å². The van der Waals surface area contributed by atoms with Crippen LogP contribution >= 0.6 is 0 Å². The highest BCUT2D eigenvalue weighted by Crippen LogP contribution is 2.21. The quantitative estimate of drug-likeness (QED) is 0.492. The maximum atomic E-state index is 12.1. The Kier molecular flexibility index (Phi) is 4.13. The fourth-order valence-corrected chi connectivity index (χ4v) is 2.44. The highest BCUT2D eigenvalue weighted by molar-refractivity contribution is 7.87. The Morgan fingerprint density at radius 2 is 1.52 bits per heavy atom. The molecule has 0 fully saturated rings. The Morgan fingerprint density at radius 1 is 0.952 bits per heavy atom. The number of terminal acetylenes is 1. The van der Waals surface area contributed by atoms with Crippen LogP contribution in [-0.2, 0) is 10.1 Å². The zero-order valence-corrected chi connectivity index (χ0v) is 11.5. The molecule has 0 radical (unpaired) electrons. The number of ether oxygens (including phenoxy) is 1. The molecule has 0 aliphatic heterocycles. The van der Waals surface area contributed by atoms with E-state index in [0.717, 1.165) is 0 Å². The molecule has 6 heteroatoms. The lowest BCUT2D eigenvalue weighted by Gasteiger charge is -2.07. The van der Waals surface area contributed by atoms with E-state index in [9.17, 15) is 8.42 Å². The first-order valence-electron chi connectivity index (χ1n) is 5.72. The SMILES string of the molecule is C#Cc1ccc(S(=O)(=O)Oc2ccc(OC#N)cc2)cc1. The van der Waals surface area contributed by atoms with Gasteiger partial charge in [0.1, 0.15) is 16.4 Å². The third-order valence-corrected chi connectivity index (χ3v) is 3.76. The fourth-order valence-electron chi connectivity index (χ4n) is 1.51. The second-order valence-electron chi connectivity index (χ2n) is 3.87. The van der Waals surface area contributed by atoms with Crippen LogP contribution in [0.2, 0.25) is 0 Å². The number of hydrogen-bond acceptors (Lipinski definition) is 5. The second kappa shape index (κ2) is 6.00. The first-order chi connectivity index (χ1) is 10.0. The summed E-state index contributed by atoms with van der Waals surface area (Å²) in [6.45, 7) is 0. The lowest BCUT2D eigenvalue weighted by atomic mass is 10.2. The average molecular weight is 299 g/mol. The van der Waals surface area contributed by atoms with E-state index in [2.05, 4.69) is 10.7 Å². The molecule has 5 nitrogen and oxygen atoms in total. The van der Waals surface area contributed by atoms with Gasteiger partial charge >= 0.3 is 10.1 Å². The van der Waals surface area contributed by atoms with E-state index in [1.807, 2.05) is 0 Å². The monoisotopic (exact) mass is 299 g/mol. The summed E-state index contributed by atoms with van der Waals surface area (Å²) in [6, 6.07) is 11.4. The first kappa shape index (κ1) is 14.4. The molecule has 0 aromatic heterocycles. The molecule has 0 N–H and O–H groups in total. The van der Waals surface area contributed by atoms with Crippen LogP contribution in [0.25, 0.3) is 0 Å². The zero-order chi connectivity index (χ0) is 15.3. The average Bonchev–Trinajstić information content (AvgIpc) is 2.49. The van der Waals surface area contributed by atoms with E-state index in [4.69, 9.17) is 15.9 Å². The summed E-state index contributed by atoms with van der Waals surface area (Å²) < 4.78 is 33.7. The molecule has 0 aliphatic carbocycles. The van der Waals surface area contributed by atoms with Gasteiger partial charge in [0.2, 0.25) is 0 Å². The summed E-state index contributed by atoms with van der Waals surface area (Å²) >= 11 is 0. The van der Waals surface area contributed by atoms with Gasteiger partial charge in [-0.05, 0) is 48.5 Å². The van der Waals surface area contributed by atoms with Crippen molar-refractivity contribution in [3.63, 3.8) is 0 Å². The topological polar surface area (TPSA) is 76.4 Å². The van der Waals surface area contributed by atoms with E-state index < -0.39 is 10.1 Å². The van der Waals surface area contributed by atoms with Crippen LogP contribution < -0.4 is 8.92 Å². The van der Waals surface area contributed by atoms with Crippen LogP contribution in [0, 0.1) is 23.9 Å². The third-order valence-electron chi connectivity index (χ3n) is 2.50. The molecule has 0 saturated heterocycles. The Balaban J connectivity index is 2.20. The molecule has 0 spiro atoms. The van der Waals surface area contributed by atoms with Crippen molar-refractivity contribution in [3.8, 4) is 30.1 Å². The number of nitriles is 1. The summed E-state index contributed by atoms with van der Waals surface area (Å²) in [5, 5.41) is 8.35. The molecule has 104 valence electrons. The van der Waals surface area contributed by atoms with Crippen molar-refractivity contribution in [2.45, 2.75) is 4.90 Å². The van der Waals surface area contributed by atoms with Gasteiger partial charge in [-0.15, -0.1) is 11.7 Å².